The highest BCUT2D eigenvalue weighted by atomic mass is 35.5. The van der Waals surface area contributed by atoms with Gasteiger partial charge in [-0.3, -0.25) is 4.79 Å². The summed E-state index contributed by atoms with van der Waals surface area (Å²) in [4.78, 5) is 22.3. The van der Waals surface area contributed by atoms with Crippen LogP contribution in [0.3, 0.4) is 0 Å². The normalized spacial score (nSPS) is 10.3. The number of carbonyl (C=O) groups excluding carboxylic acids is 1. The van der Waals surface area contributed by atoms with Crippen molar-refractivity contribution in [1.29, 1.82) is 0 Å². The predicted octanol–water partition coefficient (Wildman–Crippen LogP) is 0.903. The highest BCUT2D eigenvalue weighted by Gasteiger charge is 2.08. The molecule has 0 saturated heterocycles. The van der Waals surface area contributed by atoms with Gasteiger partial charge >= 0.3 is 0 Å². The molecule has 2 aromatic rings. The van der Waals surface area contributed by atoms with E-state index in [9.17, 15) is 14.7 Å². The standard InChI is InChI=1S/C11H6Cl2N2O3/c12-8-5-14-15(10(16)9(8)13)7-3-1-6(2-4-7)11(17)18/h1-5H,(H,17,18)/p-1. The Hall–Kier alpha value is -1.85. The molecule has 1 aromatic carbocycles. The van der Waals surface area contributed by atoms with Gasteiger partial charge in [0.05, 0.1) is 22.9 Å². The summed E-state index contributed by atoms with van der Waals surface area (Å²) in [6, 6.07) is 5.45. The minimum absolute atomic E-state index is 0.00635. The number of aromatic nitrogens is 2. The monoisotopic (exact) mass is 283 g/mol. The summed E-state index contributed by atoms with van der Waals surface area (Å²) >= 11 is 11.4. The van der Waals surface area contributed by atoms with Crippen LogP contribution in [-0.2, 0) is 0 Å². The Morgan fingerprint density at radius 3 is 2.39 bits per heavy atom. The number of halogens is 2. The minimum atomic E-state index is -1.30. The molecule has 0 aliphatic rings. The van der Waals surface area contributed by atoms with Crippen molar-refractivity contribution < 1.29 is 9.90 Å². The molecule has 1 aromatic heterocycles. The molecule has 92 valence electrons. The fourth-order valence-corrected chi connectivity index (χ4v) is 1.59. The van der Waals surface area contributed by atoms with Crippen LogP contribution in [0.1, 0.15) is 10.4 Å². The molecule has 0 saturated carbocycles. The zero-order valence-corrected chi connectivity index (χ0v) is 10.3. The molecule has 1 heterocycles. The molecule has 7 heteroatoms. The topological polar surface area (TPSA) is 75.0 Å². The molecular formula is C11H5Cl2N2O3-. The second-order valence-electron chi connectivity index (χ2n) is 3.36. The quantitative estimate of drug-likeness (QED) is 0.821. The first-order valence-electron chi connectivity index (χ1n) is 4.76. The molecule has 5 nitrogen and oxygen atoms in total. The van der Waals surface area contributed by atoms with Gasteiger partial charge in [0.1, 0.15) is 5.02 Å². The Balaban J connectivity index is 2.53. The number of carbonyl (C=O) groups is 1. The summed E-state index contributed by atoms with van der Waals surface area (Å²) in [5.74, 6) is -1.30. The maximum absolute atomic E-state index is 11.8. The molecule has 18 heavy (non-hydrogen) atoms. The average molecular weight is 284 g/mol. The van der Waals surface area contributed by atoms with Crippen molar-refractivity contribution in [2.45, 2.75) is 0 Å². The number of hydrogen-bond donors (Lipinski definition) is 0. The van der Waals surface area contributed by atoms with Gasteiger partial charge in [-0.1, -0.05) is 35.3 Å². The van der Waals surface area contributed by atoms with Crippen molar-refractivity contribution in [2.24, 2.45) is 0 Å². The summed E-state index contributed by atoms with van der Waals surface area (Å²) in [5.41, 5.74) is -0.194. The third-order valence-electron chi connectivity index (χ3n) is 2.22. The van der Waals surface area contributed by atoms with Crippen molar-refractivity contribution >= 4 is 29.2 Å². The van der Waals surface area contributed by atoms with Gasteiger partial charge in [0.2, 0.25) is 0 Å². The molecule has 0 radical (unpaired) electrons. The van der Waals surface area contributed by atoms with Crippen molar-refractivity contribution in [2.75, 3.05) is 0 Å². The van der Waals surface area contributed by atoms with E-state index in [1.54, 1.807) is 0 Å². The van der Waals surface area contributed by atoms with Crippen molar-refractivity contribution in [3.8, 4) is 5.69 Å². The Bertz CT molecular complexity index is 665. The summed E-state index contributed by atoms with van der Waals surface area (Å²) < 4.78 is 1.02. The van der Waals surface area contributed by atoms with Gasteiger partial charge in [-0.2, -0.15) is 9.78 Å². The molecule has 0 amide bonds. The maximum Gasteiger partial charge on any atom is 0.291 e. The van der Waals surface area contributed by atoms with Gasteiger partial charge in [-0.15, -0.1) is 0 Å². The maximum atomic E-state index is 11.8. The highest BCUT2D eigenvalue weighted by molar-refractivity contribution is 6.41. The van der Waals surface area contributed by atoms with Gasteiger partial charge in [-0.25, -0.2) is 0 Å². The first-order chi connectivity index (χ1) is 8.50. The fourth-order valence-electron chi connectivity index (χ4n) is 1.34. The van der Waals surface area contributed by atoms with Gasteiger partial charge < -0.3 is 9.90 Å². The van der Waals surface area contributed by atoms with Crippen LogP contribution in [-0.4, -0.2) is 15.7 Å². The molecule has 2 rings (SSSR count). The Labute approximate surface area is 111 Å². The van der Waals surface area contributed by atoms with E-state index in [0.717, 1.165) is 4.68 Å². The largest absolute Gasteiger partial charge is 0.545 e. The molecule has 0 unspecified atom stereocenters. The summed E-state index contributed by atoms with van der Waals surface area (Å²) in [5, 5.41) is 14.3. The molecule has 0 fully saturated rings. The van der Waals surface area contributed by atoms with E-state index in [2.05, 4.69) is 5.10 Å². The van der Waals surface area contributed by atoms with Crippen molar-refractivity contribution in [1.82, 2.24) is 9.78 Å². The predicted molar refractivity (Wildman–Crippen MR) is 64.2 cm³/mol. The smallest absolute Gasteiger partial charge is 0.291 e. The molecule has 0 aliphatic carbocycles. The molecule has 0 N–H and O–H groups in total. The second kappa shape index (κ2) is 4.80. The minimum Gasteiger partial charge on any atom is -0.545 e. The van der Waals surface area contributed by atoms with E-state index in [1.807, 2.05) is 0 Å². The lowest BCUT2D eigenvalue weighted by atomic mass is 10.2. The third kappa shape index (κ3) is 2.23. The van der Waals surface area contributed by atoms with Gasteiger partial charge in [-0.05, 0) is 17.7 Å². The highest BCUT2D eigenvalue weighted by Crippen LogP contribution is 2.16. The number of nitrogens with zero attached hydrogens (tertiary/aromatic N) is 2. The Kier molecular flexibility index (Phi) is 3.36. The van der Waals surface area contributed by atoms with Gasteiger partial charge in [0.25, 0.3) is 5.56 Å². The number of rotatable bonds is 2. The molecule has 0 bridgehead atoms. The van der Waals surface area contributed by atoms with Crippen LogP contribution in [0, 0.1) is 0 Å². The van der Waals surface area contributed by atoms with Gasteiger partial charge in [0, 0.05) is 0 Å². The molecule has 0 atom stereocenters. The average Bonchev–Trinajstić information content (AvgIpc) is 2.36. The lowest BCUT2D eigenvalue weighted by Gasteiger charge is -2.07. The lowest BCUT2D eigenvalue weighted by molar-refractivity contribution is -0.255. The number of carboxylic acid groups (broad SMARTS) is 1. The van der Waals surface area contributed by atoms with Crippen molar-refractivity contribution in [3.63, 3.8) is 0 Å². The summed E-state index contributed by atoms with van der Waals surface area (Å²) in [6.45, 7) is 0. The molecule has 0 aliphatic heterocycles. The first kappa shape index (κ1) is 12.6. The van der Waals surface area contributed by atoms with E-state index < -0.39 is 11.5 Å². The van der Waals surface area contributed by atoms with Crippen LogP contribution in [0.4, 0.5) is 0 Å². The Morgan fingerprint density at radius 1 is 1.22 bits per heavy atom. The van der Waals surface area contributed by atoms with Crippen LogP contribution in [0.2, 0.25) is 10.0 Å². The molecule has 0 spiro atoms. The van der Waals surface area contributed by atoms with Crippen LogP contribution in [0.25, 0.3) is 5.69 Å². The fraction of sp³-hybridized carbons (Fsp3) is 0. The van der Waals surface area contributed by atoms with E-state index in [1.165, 1.54) is 30.5 Å². The third-order valence-corrected chi connectivity index (χ3v) is 2.97. The number of hydrogen-bond acceptors (Lipinski definition) is 4. The summed E-state index contributed by atoms with van der Waals surface area (Å²) in [7, 11) is 0. The lowest BCUT2D eigenvalue weighted by Crippen LogP contribution is -2.23. The zero-order chi connectivity index (χ0) is 13.3. The number of benzene rings is 1. The zero-order valence-electron chi connectivity index (χ0n) is 8.76. The number of aromatic carboxylic acids is 1. The van der Waals surface area contributed by atoms with Gasteiger partial charge in [0.15, 0.2) is 0 Å². The van der Waals surface area contributed by atoms with E-state index in [0.29, 0.717) is 5.69 Å². The van der Waals surface area contributed by atoms with Crippen molar-refractivity contribution in [3.05, 3.63) is 56.4 Å². The summed E-state index contributed by atoms with van der Waals surface area (Å²) in [6.07, 6.45) is 1.23. The SMILES string of the molecule is O=C([O-])c1ccc(-n2ncc(Cl)c(Cl)c2=O)cc1. The van der Waals surface area contributed by atoms with E-state index >= 15 is 0 Å². The van der Waals surface area contributed by atoms with E-state index in [4.69, 9.17) is 23.2 Å². The second-order valence-corrected chi connectivity index (χ2v) is 4.14. The first-order valence-corrected chi connectivity index (χ1v) is 5.51. The van der Waals surface area contributed by atoms with Crippen LogP contribution >= 0.6 is 23.2 Å². The van der Waals surface area contributed by atoms with Crippen LogP contribution in [0.15, 0.2) is 35.3 Å². The molecular weight excluding hydrogens is 279 g/mol. The Morgan fingerprint density at radius 2 is 1.83 bits per heavy atom. The van der Waals surface area contributed by atoms with Crippen LogP contribution < -0.4 is 10.7 Å². The van der Waals surface area contributed by atoms with Crippen LogP contribution in [0.5, 0.6) is 0 Å². The van der Waals surface area contributed by atoms with E-state index in [-0.39, 0.29) is 15.6 Å². The number of carboxylic acids is 1.